The lowest BCUT2D eigenvalue weighted by Crippen LogP contribution is -2.42. The topological polar surface area (TPSA) is 81.5 Å². The molecular formula is C23H22FN3O4S. The molecule has 0 amide bonds. The first-order chi connectivity index (χ1) is 15.4. The number of aromatic nitrogens is 2. The number of ketones is 1. The molecule has 32 heavy (non-hydrogen) atoms. The Labute approximate surface area is 185 Å². The van der Waals surface area contributed by atoms with Crippen molar-refractivity contribution in [1.29, 1.82) is 0 Å². The Bertz CT molecular complexity index is 1270. The lowest BCUT2D eigenvalue weighted by Gasteiger charge is -2.33. The van der Waals surface area contributed by atoms with Gasteiger partial charge in [0.2, 0.25) is 0 Å². The van der Waals surface area contributed by atoms with Crippen LogP contribution in [0.2, 0.25) is 0 Å². The van der Waals surface area contributed by atoms with Crippen LogP contribution in [-0.2, 0) is 21.5 Å². The minimum atomic E-state index is -3.85. The van der Waals surface area contributed by atoms with Gasteiger partial charge in [-0.1, -0.05) is 24.3 Å². The number of carbonyl (C=O) groups is 1. The van der Waals surface area contributed by atoms with Crippen molar-refractivity contribution in [2.24, 2.45) is 5.92 Å². The average molecular weight is 456 g/mol. The molecule has 1 saturated carbocycles. The number of para-hydroxylation sites is 3. The number of carbonyl (C=O) groups excluding carboxylic acids is 1. The lowest BCUT2D eigenvalue weighted by atomic mass is 9.82. The maximum atomic E-state index is 14.0. The van der Waals surface area contributed by atoms with Gasteiger partial charge in [0, 0.05) is 18.2 Å². The molecule has 166 valence electrons. The molecular weight excluding hydrogens is 433 g/mol. The molecule has 0 radical (unpaired) electrons. The van der Waals surface area contributed by atoms with E-state index < -0.39 is 10.3 Å². The fourth-order valence-electron chi connectivity index (χ4n) is 4.55. The number of rotatable bonds is 5. The van der Waals surface area contributed by atoms with Crippen LogP contribution in [0.5, 0.6) is 5.75 Å². The first-order valence-corrected chi connectivity index (χ1v) is 11.9. The molecule has 0 bridgehead atoms. The first-order valence-electron chi connectivity index (χ1n) is 10.6. The van der Waals surface area contributed by atoms with E-state index in [9.17, 15) is 17.6 Å². The Morgan fingerprint density at radius 2 is 1.69 bits per heavy atom. The van der Waals surface area contributed by atoms with Crippen molar-refractivity contribution in [1.82, 2.24) is 9.78 Å². The largest absolute Gasteiger partial charge is 0.410 e. The zero-order valence-electron chi connectivity index (χ0n) is 17.2. The quantitative estimate of drug-likeness (QED) is 0.584. The van der Waals surface area contributed by atoms with Crippen LogP contribution in [0.15, 0.2) is 60.8 Å². The highest BCUT2D eigenvalue weighted by Gasteiger charge is 2.42. The summed E-state index contributed by atoms with van der Waals surface area (Å²) in [7, 11) is -3.85. The van der Waals surface area contributed by atoms with Gasteiger partial charge in [-0.2, -0.15) is 13.5 Å². The van der Waals surface area contributed by atoms with Crippen LogP contribution in [0.1, 0.15) is 31.4 Å². The van der Waals surface area contributed by atoms with E-state index in [1.54, 1.807) is 54.7 Å². The highest BCUT2D eigenvalue weighted by atomic mass is 32.2. The zero-order chi connectivity index (χ0) is 22.3. The third kappa shape index (κ3) is 3.77. The number of benzene rings is 2. The average Bonchev–Trinajstić information content (AvgIpc) is 3.34. The van der Waals surface area contributed by atoms with E-state index in [0.29, 0.717) is 48.5 Å². The van der Waals surface area contributed by atoms with Crippen molar-refractivity contribution < 1.29 is 21.8 Å². The van der Waals surface area contributed by atoms with Gasteiger partial charge in [-0.05, 0) is 56.0 Å². The molecule has 9 heteroatoms. The molecule has 1 aromatic heterocycles. The predicted octanol–water partition coefficient (Wildman–Crippen LogP) is 3.83. The summed E-state index contributed by atoms with van der Waals surface area (Å²) in [5.41, 5.74) is 1.48. The molecule has 1 aliphatic heterocycles. The van der Waals surface area contributed by atoms with Crippen molar-refractivity contribution in [3.05, 3.63) is 72.3 Å². The van der Waals surface area contributed by atoms with Crippen LogP contribution >= 0.6 is 0 Å². The van der Waals surface area contributed by atoms with Gasteiger partial charge < -0.3 is 4.18 Å². The Balaban J connectivity index is 1.23. The van der Waals surface area contributed by atoms with E-state index in [4.69, 9.17) is 4.18 Å². The molecule has 7 nitrogen and oxygen atoms in total. The third-order valence-electron chi connectivity index (χ3n) is 6.12. The molecule has 0 atom stereocenters. The molecule has 0 N–H and O–H groups in total. The Morgan fingerprint density at radius 3 is 2.44 bits per heavy atom. The monoisotopic (exact) mass is 455 g/mol. The summed E-state index contributed by atoms with van der Waals surface area (Å²) in [5.74, 6) is -0.111. The maximum absolute atomic E-state index is 14.0. The van der Waals surface area contributed by atoms with Crippen molar-refractivity contribution in [2.45, 2.75) is 38.1 Å². The Hall–Kier alpha value is -3.20. The highest BCUT2D eigenvalue weighted by molar-refractivity contribution is 7.89. The number of hydrogen-bond donors (Lipinski definition) is 0. The van der Waals surface area contributed by atoms with Gasteiger partial charge in [0.15, 0.2) is 5.75 Å². The van der Waals surface area contributed by atoms with Crippen LogP contribution in [0, 0.1) is 11.7 Å². The summed E-state index contributed by atoms with van der Waals surface area (Å²) in [6.45, 7) is 0. The van der Waals surface area contributed by atoms with Gasteiger partial charge in [0.05, 0.1) is 17.8 Å². The Morgan fingerprint density at radius 1 is 1.00 bits per heavy atom. The number of anilines is 1. The van der Waals surface area contributed by atoms with E-state index >= 15 is 0 Å². The van der Waals surface area contributed by atoms with Gasteiger partial charge in [-0.25, -0.2) is 13.4 Å². The summed E-state index contributed by atoms with van der Waals surface area (Å²) in [5, 5.41) is 4.35. The molecule has 0 unspecified atom stereocenters. The maximum Gasteiger partial charge on any atom is 0.410 e. The van der Waals surface area contributed by atoms with E-state index in [1.807, 2.05) is 0 Å². The van der Waals surface area contributed by atoms with E-state index in [-0.39, 0.29) is 30.0 Å². The number of hydrogen-bond acceptors (Lipinski definition) is 5. The lowest BCUT2D eigenvalue weighted by molar-refractivity contribution is -0.123. The number of fused-ring (bicyclic) bond motifs is 1. The standard InChI is InChI=1S/C23H22FN3O4S/c24-19-5-1-2-6-20(19)26-14-13-17(25-26)15-22(28)16-9-11-18(12-10-16)27-21-7-3-4-8-23(21)31-32(27,29)30/h1-8,13-14,16,18H,9-12,15H2. The van der Waals surface area contributed by atoms with Crippen molar-refractivity contribution >= 4 is 21.8 Å². The van der Waals surface area contributed by atoms with Crippen molar-refractivity contribution in [3.8, 4) is 11.4 Å². The fourth-order valence-corrected chi connectivity index (χ4v) is 5.96. The molecule has 3 aromatic rings. The molecule has 5 rings (SSSR count). The van der Waals surface area contributed by atoms with Crippen LogP contribution in [0.3, 0.4) is 0 Å². The normalized spacial score (nSPS) is 21.7. The SMILES string of the molecule is O=C(Cc1ccn(-c2ccccc2F)n1)C1CCC(N2c3ccccc3OS2(=O)=O)CC1. The highest BCUT2D eigenvalue weighted by Crippen LogP contribution is 2.42. The zero-order valence-corrected chi connectivity index (χ0v) is 18.0. The van der Waals surface area contributed by atoms with E-state index in [2.05, 4.69) is 5.10 Å². The second kappa shape index (κ2) is 8.05. The molecule has 2 aromatic carbocycles. The molecule has 1 aliphatic carbocycles. The summed E-state index contributed by atoms with van der Waals surface area (Å²) < 4.78 is 47.0. The van der Waals surface area contributed by atoms with Crippen LogP contribution in [0.4, 0.5) is 10.1 Å². The smallest absolute Gasteiger partial charge is 0.364 e. The minimum Gasteiger partial charge on any atom is -0.364 e. The number of halogens is 1. The molecule has 2 heterocycles. The second-order valence-corrected chi connectivity index (χ2v) is 9.57. The Kier molecular flexibility index (Phi) is 5.21. The second-order valence-electron chi connectivity index (χ2n) is 8.16. The van der Waals surface area contributed by atoms with Gasteiger partial charge in [0.1, 0.15) is 17.3 Å². The van der Waals surface area contributed by atoms with Gasteiger partial charge in [-0.3, -0.25) is 4.79 Å². The van der Waals surface area contributed by atoms with E-state index in [1.165, 1.54) is 15.1 Å². The number of nitrogens with zero attached hydrogens (tertiary/aromatic N) is 3. The molecule has 0 spiro atoms. The third-order valence-corrected chi connectivity index (χ3v) is 7.49. The summed E-state index contributed by atoms with van der Waals surface area (Å²) in [6, 6.07) is 14.7. The predicted molar refractivity (Wildman–Crippen MR) is 116 cm³/mol. The molecule has 0 saturated heterocycles. The van der Waals surface area contributed by atoms with Gasteiger partial charge in [-0.15, -0.1) is 0 Å². The van der Waals surface area contributed by atoms with Gasteiger partial charge >= 0.3 is 10.3 Å². The first kappa shape index (κ1) is 20.7. The van der Waals surface area contributed by atoms with Crippen LogP contribution in [-0.4, -0.2) is 30.0 Å². The summed E-state index contributed by atoms with van der Waals surface area (Å²) in [4.78, 5) is 12.9. The summed E-state index contributed by atoms with van der Waals surface area (Å²) in [6.07, 6.45) is 4.18. The van der Waals surface area contributed by atoms with Crippen molar-refractivity contribution in [2.75, 3.05) is 4.31 Å². The van der Waals surface area contributed by atoms with E-state index in [0.717, 1.165) is 0 Å². The van der Waals surface area contributed by atoms with Gasteiger partial charge in [0.25, 0.3) is 0 Å². The van der Waals surface area contributed by atoms with Crippen LogP contribution < -0.4 is 8.49 Å². The number of Topliss-reactive ketones (excluding diaryl/α,β-unsaturated/α-hetero) is 1. The van der Waals surface area contributed by atoms with Crippen LogP contribution in [0.25, 0.3) is 5.69 Å². The minimum absolute atomic E-state index is 0.0724. The van der Waals surface area contributed by atoms with Crippen molar-refractivity contribution in [3.63, 3.8) is 0 Å². The molecule has 1 fully saturated rings. The fraction of sp³-hybridized carbons (Fsp3) is 0.304. The summed E-state index contributed by atoms with van der Waals surface area (Å²) >= 11 is 0. The molecule has 2 aliphatic rings.